The lowest BCUT2D eigenvalue weighted by Gasteiger charge is -2.36. The molecule has 1 saturated heterocycles. The van der Waals surface area contributed by atoms with Gasteiger partial charge in [-0.2, -0.15) is 10.0 Å². The Morgan fingerprint density at radius 1 is 0.667 bits per heavy atom. The van der Waals surface area contributed by atoms with E-state index in [4.69, 9.17) is 4.74 Å². The van der Waals surface area contributed by atoms with E-state index >= 15 is 0 Å². The first-order chi connectivity index (χ1) is 30.7. The number of hydrogen-bond donors (Lipinski definition) is 5. The molecule has 5 N–H and O–H groups in total. The zero-order valence-corrected chi connectivity index (χ0v) is 34.7. The Morgan fingerprint density at radius 3 is 1.87 bits per heavy atom. The normalized spacial score (nSPS) is 12.8. The molecule has 0 saturated carbocycles. The highest BCUT2D eigenvalue weighted by molar-refractivity contribution is 6.06. The van der Waals surface area contributed by atoms with Gasteiger partial charge in [0.15, 0.2) is 0 Å². The van der Waals surface area contributed by atoms with Gasteiger partial charge in [-0.05, 0) is 72.0 Å². The number of piperidine rings is 1. The fourth-order valence-corrected chi connectivity index (χ4v) is 7.51. The van der Waals surface area contributed by atoms with Crippen LogP contribution < -0.4 is 26.0 Å². The van der Waals surface area contributed by atoms with Gasteiger partial charge in [0.2, 0.25) is 5.91 Å². The zero-order valence-electron chi connectivity index (χ0n) is 34.7. The van der Waals surface area contributed by atoms with Gasteiger partial charge in [0, 0.05) is 68.1 Å². The average molecular weight is 847 g/mol. The summed E-state index contributed by atoms with van der Waals surface area (Å²) in [6.45, 7) is 3.17. The van der Waals surface area contributed by atoms with Crippen molar-refractivity contribution in [3.8, 4) is 28.0 Å². The number of hydrogen-bond acceptors (Lipinski definition) is 8. The van der Waals surface area contributed by atoms with Crippen LogP contribution in [-0.2, 0) is 16.1 Å². The smallest absolute Gasteiger partial charge is 0.434 e. The molecule has 13 nitrogen and oxygen atoms in total. The van der Waals surface area contributed by atoms with E-state index in [0.717, 1.165) is 26.7 Å². The first kappa shape index (κ1) is 43.6. The van der Waals surface area contributed by atoms with Crippen molar-refractivity contribution in [2.75, 3.05) is 48.1 Å². The average Bonchev–Trinajstić information content (AvgIpc) is 3.31. The van der Waals surface area contributed by atoms with Gasteiger partial charge in [0.25, 0.3) is 5.91 Å². The molecule has 63 heavy (non-hydrogen) atoms. The summed E-state index contributed by atoms with van der Waals surface area (Å²) in [5.74, 6) is -0.246. The number of likely N-dealkylation sites (tertiary alicyclic amines) is 1. The molecular formula is C50H50N6O7. The van der Waals surface area contributed by atoms with Crippen LogP contribution in [0.3, 0.4) is 0 Å². The second kappa shape index (κ2) is 21.4. The van der Waals surface area contributed by atoms with Crippen molar-refractivity contribution in [3.63, 3.8) is 0 Å². The van der Waals surface area contributed by atoms with Crippen LogP contribution in [0.1, 0.15) is 35.2 Å². The maximum atomic E-state index is 14.5. The fourth-order valence-electron chi connectivity index (χ4n) is 7.51. The molecule has 6 aromatic carbocycles. The quantitative estimate of drug-likeness (QED) is 0.0502. The van der Waals surface area contributed by atoms with Crippen LogP contribution in [0.4, 0.5) is 26.7 Å². The molecule has 0 bridgehead atoms. The third-order valence-corrected chi connectivity index (χ3v) is 10.7. The van der Waals surface area contributed by atoms with E-state index in [1.807, 2.05) is 97.1 Å². The predicted molar refractivity (Wildman–Crippen MR) is 245 cm³/mol. The molecule has 7 rings (SSSR count). The minimum absolute atomic E-state index is 0.183. The second-order valence-electron chi connectivity index (χ2n) is 15.1. The molecule has 1 heterocycles. The van der Waals surface area contributed by atoms with Gasteiger partial charge in [-0.25, -0.2) is 9.59 Å². The van der Waals surface area contributed by atoms with Crippen LogP contribution in [0.25, 0.3) is 22.3 Å². The molecule has 0 aliphatic carbocycles. The van der Waals surface area contributed by atoms with Crippen LogP contribution in [0.5, 0.6) is 5.75 Å². The lowest BCUT2D eigenvalue weighted by molar-refractivity contribution is -0.116. The van der Waals surface area contributed by atoms with Gasteiger partial charge in [0.1, 0.15) is 11.9 Å². The summed E-state index contributed by atoms with van der Waals surface area (Å²) < 4.78 is 6.18. The highest BCUT2D eigenvalue weighted by Gasteiger charge is 2.36. The molecule has 1 aliphatic heterocycles. The van der Waals surface area contributed by atoms with Gasteiger partial charge >= 0.3 is 12.2 Å². The molecule has 0 radical (unpaired) electrons. The molecule has 0 unspecified atom stereocenters. The molecule has 6 aromatic rings. The standard InChI is InChI=1S/C50H50N6O7/c57-41-24-22-36(23-25-41)35-51-29-26-47(58)53-40-17-11-16-39(34-40)48(59)52-30-33-54-31-27-42(28-32-54)63-50(62)56(46-21-10-8-19-44(46)38-14-5-2-6-15-38)55(49(60)61)45-20-9-7-18-43(45)37-12-3-1-4-13-37/h1-25,34,42,51,57H,26-33,35H2,(H,52,59)(H,53,58)(H,60,61). The Balaban J connectivity index is 0.951. The second-order valence-corrected chi connectivity index (χ2v) is 15.1. The number of aromatic hydroxyl groups is 1. The first-order valence-corrected chi connectivity index (χ1v) is 20.9. The number of para-hydroxylation sites is 2. The van der Waals surface area contributed by atoms with E-state index in [9.17, 15) is 29.4 Å². The molecule has 322 valence electrons. The lowest BCUT2D eigenvalue weighted by Crippen LogP contribution is -2.52. The van der Waals surface area contributed by atoms with Gasteiger partial charge in [0.05, 0.1) is 11.4 Å². The Morgan fingerprint density at radius 2 is 1.25 bits per heavy atom. The maximum absolute atomic E-state index is 14.5. The number of amides is 4. The van der Waals surface area contributed by atoms with Crippen LogP contribution in [0.2, 0.25) is 0 Å². The molecule has 4 amide bonds. The number of phenolic OH excluding ortho intramolecular Hbond substituents is 1. The number of rotatable bonds is 15. The number of carbonyl (C=O) groups excluding carboxylic acids is 3. The molecule has 0 atom stereocenters. The van der Waals surface area contributed by atoms with E-state index in [1.54, 1.807) is 60.7 Å². The van der Waals surface area contributed by atoms with E-state index in [1.165, 1.54) is 0 Å². The molecule has 13 heteroatoms. The highest BCUT2D eigenvalue weighted by Crippen LogP contribution is 2.38. The zero-order chi connectivity index (χ0) is 44.0. The SMILES string of the molecule is O=C(CCNCc1ccc(O)cc1)Nc1cccc(C(=O)NCCN2CCC(OC(=O)N(c3ccccc3-c3ccccc3)N(C(=O)O)c3ccccc3-c3ccccc3)CC2)c1. The summed E-state index contributed by atoms with van der Waals surface area (Å²) >= 11 is 0. The molecule has 1 aliphatic rings. The summed E-state index contributed by atoms with van der Waals surface area (Å²) in [5, 5.41) is 31.5. The fraction of sp³-hybridized carbons (Fsp3) is 0.200. The van der Waals surface area contributed by atoms with Crippen LogP contribution in [0, 0.1) is 0 Å². The Labute approximate surface area is 366 Å². The lowest BCUT2D eigenvalue weighted by atomic mass is 10.0. The highest BCUT2D eigenvalue weighted by atomic mass is 16.6. The molecule has 0 aromatic heterocycles. The third-order valence-electron chi connectivity index (χ3n) is 10.7. The number of carbonyl (C=O) groups is 4. The van der Waals surface area contributed by atoms with Crippen LogP contribution >= 0.6 is 0 Å². The number of hydrazine groups is 1. The minimum Gasteiger partial charge on any atom is -0.508 e. The monoisotopic (exact) mass is 846 g/mol. The number of nitrogens with one attached hydrogen (secondary N) is 3. The van der Waals surface area contributed by atoms with Crippen molar-refractivity contribution in [3.05, 3.63) is 169 Å². The Kier molecular flexibility index (Phi) is 14.8. The number of nitrogens with zero attached hydrogens (tertiary/aromatic N) is 3. The topological polar surface area (TPSA) is 164 Å². The summed E-state index contributed by atoms with van der Waals surface area (Å²) in [6, 6.07) is 46.8. The number of ether oxygens (including phenoxy) is 1. The van der Waals surface area contributed by atoms with Gasteiger partial charge < -0.3 is 35.8 Å². The van der Waals surface area contributed by atoms with Crippen molar-refractivity contribution in [1.29, 1.82) is 0 Å². The molecule has 1 fully saturated rings. The number of phenols is 1. The van der Waals surface area contributed by atoms with Crippen LogP contribution in [-0.4, -0.2) is 77.9 Å². The van der Waals surface area contributed by atoms with Crippen molar-refractivity contribution < 1.29 is 34.1 Å². The maximum Gasteiger partial charge on any atom is 0.434 e. The summed E-state index contributed by atoms with van der Waals surface area (Å²) in [7, 11) is 0. The number of anilines is 3. The summed E-state index contributed by atoms with van der Waals surface area (Å²) in [4.78, 5) is 55.8. The van der Waals surface area contributed by atoms with Crippen molar-refractivity contribution in [2.24, 2.45) is 0 Å². The largest absolute Gasteiger partial charge is 0.508 e. The van der Waals surface area contributed by atoms with E-state index < -0.39 is 18.3 Å². The predicted octanol–water partition coefficient (Wildman–Crippen LogP) is 8.78. The molecule has 0 spiro atoms. The Bertz CT molecular complexity index is 2480. The van der Waals surface area contributed by atoms with Crippen molar-refractivity contribution >= 4 is 41.1 Å². The third kappa shape index (κ3) is 11.7. The van der Waals surface area contributed by atoms with Gasteiger partial charge in [-0.1, -0.05) is 115 Å². The van der Waals surface area contributed by atoms with E-state index in [-0.39, 0.29) is 29.7 Å². The molecular weight excluding hydrogens is 797 g/mol. The van der Waals surface area contributed by atoms with E-state index in [2.05, 4.69) is 20.9 Å². The van der Waals surface area contributed by atoms with E-state index in [0.29, 0.717) is 80.2 Å². The summed E-state index contributed by atoms with van der Waals surface area (Å²) in [5.41, 5.74) is 5.43. The number of carboxylic acid groups (broad SMARTS) is 1. The van der Waals surface area contributed by atoms with Crippen molar-refractivity contribution in [2.45, 2.75) is 31.9 Å². The number of benzene rings is 6. The van der Waals surface area contributed by atoms with Crippen LogP contribution in [0.15, 0.2) is 158 Å². The van der Waals surface area contributed by atoms with Gasteiger partial charge in [-0.3, -0.25) is 9.59 Å². The van der Waals surface area contributed by atoms with Crippen molar-refractivity contribution in [1.82, 2.24) is 15.5 Å². The Hall–Kier alpha value is -7.48. The minimum atomic E-state index is -1.36. The first-order valence-electron chi connectivity index (χ1n) is 20.9. The van der Waals surface area contributed by atoms with Gasteiger partial charge in [-0.15, -0.1) is 0 Å². The summed E-state index contributed by atoms with van der Waals surface area (Å²) in [6.07, 6.45) is -1.41.